The van der Waals surface area contributed by atoms with Crippen molar-refractivity contribution in [1.82, 2.24) is 0 Å². The van der Waals surface area contributed by atoms with E-state index in [2.05, 4.69) is 21.2 Å². The highest BCUT2D eigenvalue weighted by Crippen LogP contribution is 2.34. The lowest BCUT2D eigenvalue weighted by atomic mass is 10.1. The molecule has 0 bridgehead atoms. The number of benzene rings is 2. The predicted molar refractivity (Wildman–Crippen MR) is 77.6 cm³/mol. The number of hydrogen-bond donors (Lipinski definition) is 1. The number of rotatable bonds is 3. The first-order valence-corrected chi connectivity index (χ1v) is 6.92. The summed E-state index contributed by atoms with van der Waals surface area (Å²) in [5.74, 6) is -0.375. The van der Waals surface area contributed by atoms with E-state index in [0.717, 1.165) is 17.7 Å². The van der Waals surface area contributed by atoms with E-state index in [1.54, 1.807) is 6.07 Å². The lowest BCUT2D eigenvalue weighted by Crippen LogP contribution is -2.07. The highest BCUT2D eigenvalue weighted by Gasteiger charge is 2.30. The summed E-state index contributed by atoms with van der Waals surface area (Å²) in [5.41, 5.74) is 1.14. The van der Waals surface area contributed by atoms with Crippen molar-refractivity contribution in [2.45, 2.75) is 19.6 Å². The minimum atomic E-state index is -4.40. The number of anilines is 1. The third-order valence-electron chi connectivity index (χ3n) is 3.07. The van der Waals surface area contributed by atoms with Crippen molar-refractivity contribution in [3.8, 4) is 0 Å². The van der Waals surface area contributed by atoms with Gasteiger partial charge in [0.15, 0.2) is 0 Å². The highest BCUT2D eigenvalue weighted by atomic mass is 79.9. The Bertz CT molecular complexity index is 653. The summed E-state index contributed by atoms with van der Waals surface area (Å²) in [6.07, 6.45) is -4.40. The van der Waals surface area contributed by atoms with Crippen LogP contribution >= 0.6 is 15.9 Å². The molecular formula is C15H12BrF4N. The molecule has 1 nitrogen and oxygen atoms in total. The maximum atomic E-state index is 13.2. The van der Waals surface area contributed by atoms with Crippen LogP contribution in [0.4, 0.5) is 23.2 Å². The van der Waals surface area contributed by atoms with Crippen LogP contribution in [0.5, 0.6) is 0 Å². The summed E-state index contributed by atoms with van der Waals surface area (Å²) in [7, 11) is 0. The Kier molecular flexibility index (Phi) is 4.56. The monoisotopic (exact) mass is 361 g/mol. The average Bonchev–Trinajstić information content (AvgIpc) is 2.40. The zero-order chi connectivity index (χ0) is 15.6. The van der Waals surface area contributed by atoms with Crippen molar-refractivity contribution >= 4 is 21.6 Å². The smallest absolute Gasteiger partial charge is 0.380 e. The quantitative estimate of drug-likeness (QED) is 0.709. The highest BCUT2D eigenvalue weighted by molar-refractivity contribution is 9.10. The molecule has 0 aromatic heterocycles. The molecule has 0 fully saturated rings. The number of hydrogen-bond acceptors (Lipinski definition) is 1. The van der Waals surface area contributed by atoms with Crippen LogP contribution in [-0.4, -0.2) is 0 Å². The molecule has 0 saturated carbocycles. The van der Waals surface area contributed by atoms with E-state index in [1.807, 2.05) is 6.92 Å². The van der Waals surface area contributed by atoms with Gasteiger partial charge in [0, 0.05) is 16.7 Å². The van der Waals surface area contributed by atoms with Crippen molar-refractivity contribution in [3.05, 3.63) is 63.4 Å². The summed E-state index contributed by atoms with van der Waals surface area (Å²) in [6, 6.07) is 7.71. The molecule has 1 N–H and O–H groups in total. The van der Waals surface area contributed by atoms with Gasteiger partial charge in [-0.25, -0.2) is 4.39 Å². The second-order valence-electron chi connectivity index (χ2n) is 4.62. The average molecular weight is 362 g/mol. The van der Waals surface area contributed by atoms with Crippen LogP contribution in [0.15, 0.2) is 40.9 Å². The van der Waals surface area contributed by atoms with Gasteiger partial charge in [0.2, 0.25) is 0 Å². The van der Waals surface area contributed by atoms with Crippen LogP contribution < -0.4 is 5.32 Å². The molecule has 0 unspecified atom stereocenters. The molecule has 112 valence electrons. The molecule has 0 heterocycles. The van der Waals surface area contributed by atoms with Gasteiger partial charge in [0.1, 0.15) is 5.82 Å². The number of aryl methyl sites for hydroxylation is 1. The normalized spacial score (nSPS) is 11.5. The van der Waals surface area contributed by atoms with Crippen molar-refractivity contribution in [2.75, 3.05) is 5.32 Å². The van der Waals surface area contributed by atoms with Crippen LogP contribution in [0.3, 0.4) is 0 Å². The Morgan fingerprint density at radius 1 is 1.10 bits per heavy atom. The summed E-state index contributed by atoms with van der Waals surface area (Å²) in [6.45, 7) is 2.06. The first kappa shape index (κ1) is 15.8. The number of alkyl halides is 3. The molecule has 0 spiro atoms. The zero-order valence-electron chi connectivity index (χ0n) is 11.1. The first-order chi connectivity index (χ1) is 9.77. The fraction of sp³-hybridized carbons (Fsp3) is 0.200. The Morgan fingerprint density at radius 2 is 1.81 bits per heavy atom. The van der Waals surface area contributed by atoms with Crippen LogP contribution in [0.25, 0.3) is 0 Å². The third-order valence-corrected chi connectivity index (χ3v) is 3.77. The van der Waals surface area contributed by atoms with E-state index in [-0.39, 0.29) is 12.4 Å². The maximum absolute atomic E-state index is 13.2. The Hall–Kier alpha value is -1.56. The van der Waals surface area contributed by atoms with Gasteiger partial charge in [-0.2, -0.15) is 13.2 Å². The van der Waals surface area contributed by atoms with Gasteiger partial charge in [0.05, 0.1) is 5.56 Å². The SMILES string of the molecule is Cc1ccc(F)cc1CNc1cc(C(F)(F)F)ccc1Br. The van der Waals surface area contributed by atoms with Crippen molar-refractivity contribution in [1.29, 1.82) is 0 Å². The molecule has 0 radical (unpaired) electrons. The van der Waals surface area contributed by atoms with Crippen LogP contribution in [0.1, 0.15) is 16.7 Å². The topological polar surface area (TPSA) is 12.0 Å². The second-order valence-corrected chi connectivity index (χ2v) is 5.47. The molecule has 0 aliphatic rings. The molecule has 0 atom stereocenters. The largest absolute Gasteiger partial charge is 0.416 e. The summed E-state index contributed by atoms with van der Waals surface area (Å²) < 4.78 is 51.8. The molecule has 0 aliphatic carbocycles. The molecule has 2 rings (SSSR count). The first-order valence-electron chi connectivity index (χ1n) is 6.13. The summed E-state index contributed by atoms with van der Waals surface area (Å²) >= 11 is 3.20. The van der Waals surface area contributed by atoms with Crippen molar-refractivity contribution in [3.63, 3.8) is 0 Å². The lowest BCUT2D eigenvalue weighted by molar-refractivity contribution is -0.137. The number of nitrogens with one attached hydrogen (secondary N) is 1. The third kappa shape index (κ3) is 3.97. The lowest BCUT2D eigenvalue weighted by Gasteiger charge is -2.13. The van der Waals surface area contributed by atoms with Crippen LogP contribution in [0, 0.1) is 12.7 Å². The van der Waals surface area contributed by atoms with Gasteiger partial charge in [-0.3, -0.25) is 0 Å². The van der Waals surface area contributed by atoms with E-state index in [4.69, 9.17) is 0 Å². The maximum Gasteiger partial charge on any atom is 0.416 e. The van der Waals surface area contributed by atoms with E-state index in [0.29, 0.717) is 15.7 Å². The van der Waals surface area contributed by atoms with E-state index >= 15 is 0 Å². The Labute approximate surface area is 128 Å². The molecule has 21 heavy (non-hydrogen) atoms. The van der Waals surface area contributed by atoms with Crippen LogP contribution in [0.2, 0.25) is 0 Å². The van der Waals surface area contributed by atoms with Crippen molar-refractivity contribution < 1.29 is 17.6 Å². The van der Waals surface area contributed by atoms with Crippen LogP contribution in [-0.2, 0) is 12.7 Å². The fourth-order valence-corrected chi connectivity index (χ4v) is 2.24. The molecule has 0 aliphatic heterocycles. The zero-order valence-corrected chi connectivity index (χ0v) is 12.6. The van der Waals surface area contributed by atoms with Gasteiger partial charge in [0.25, 0.3) is 0 Å². The van der Waals surface area contributed by atoms with Gasteiger partial charge >= 0.3 is 6.18 Å². The minimum Gasteiger partial charge on any atom is -0.380 e. The molecule has 2 aromatic rings. The van der Waals surface area contributed by atoms with Gasteiger partial charge in [-0.1, -0.05) is 6.07 Å². The fourth-order valence-electron chi connectivity index (χ4n) is 1.86. The Balaban J connectivity index is 2.22. The van der Waals surface area contributed by atoms with E-state index in [1.165, 1.54) is 18.2 Å². The second kappa shape index (κ2) is 6.05. The van der Waals surface area contributed by atoms with Crippen molar-refractivity contribution in [2.24, 2.45) is 0 Å². The predicted octanol–water partition coefficient (Wildman–Crippen LogP) is 5.53. The summed E-state index contributed by atoms with van der Waals surface area (Å²) in [5, 5.41) is 2.90. The summed E-state index contributed by atoms with van der Waals surface area (Å²) in [4.78, 5) is 0. The molecule has 0 amide bonds. The Morgan fingerprint density at radius 3 is 2.48 bits per heavy atom. The van der Waals surface area contributed by atoms with Gasteiger partial charge in [-0.05, 0) is 64.3 Å². The minimum absolute atomic E-state index is 0.240. The number of halogens is 5. The van der Waals surface area contributed by atoms with Gasteiger partial charge in [-0.15, -0.1) is 0 Å². The van der Waals surface area contributed by atoms with E-state index < -0.39 is 11.7 Å². The molecule has 2 aromatic carbocycles. The molecule has 0 saturated heterocycles. The molecule has 6 heteroatoms. The standard InChI is InChI=1S/C15H12BrF4N/c1-9-2-4-12(17)6-10(9)8-21-14-7-11(15(18,19)20)3-5-13(14)16/h2-7,21H,8H2,1H3. The molecular weight excluding hydrogens is 350 g/mol. The van der Waals surface area contributed by atoms with Gasteiger partial charge < -0.3 is 5.32 Å². The van der Waals surface area contributed by atoms with E-state index in [9.17, 15) is 17.6 Å².